The van der Waals surface area contributed by atoms with Gasteiger partial charge in [-0.1, -0.05) is 17.7 Å². The Labute approximate surface area is 133 Å². The lowest BCUT2D eigenvalue weighted by Gasteiger charge is -2.09. The third kappa shape index (κ3) is 2.75. The van der Waals surface area contributed by atoms with Gasteiger partial charge >= 0.3 is 0 Å². The van der Waals surface area contributed by atoms with Crippen molar-refractivity contribution in [1.29, 1.82) is 0 Å². The summed E-state index contributed by atoms with van der Waals surface area (Å²) in [4.78, 5) is 0.127. The van der Waals surface area contributed by atoms with Gasteiger partial charge in [0.05, 0.1) is 15.5 Å². The van der Waals surface area contributed by atoms with E-state index < -0.39 is 19.9 Å². The smallest absolute Gasteiger partial charge is 0.261 e. The molecule has 1 aliphatic rings. The molecule has 22 heavy (non-hydrogen) atoms. The largest absolute Gasteiger partial charge is 0.280 e. The number of rotatable bonds is 3. The highest BCUT2D eigenvalue weighted by Crippen LogP contribution is 2.30. The summed E-state index contributed by atoms with van der Waals surface area (Å²) in [7, 11) is -7.30. The van der Waals surface area contributed by atoms with E-state index in [1.165, 1.54) is 42.5 Å². The van der Waals surface area contributed by atoms with Crippen molar-refractivity contribution in [3.63, 3.8) is 0 Å². The minimum atomic E-state index is -3.81. The number of sulfone groups is 1. The van der Waals surface area contributed by atoms with E-state index in [1.54, 1.807) is 6.07 Å². The monoisotopic (exact) mass is 355 g/mol. The number of benzene rings is 2. The van der Waals surface area contributed by atoms with Gasteiger partial charge in [0.25, 0.3) is 10.0 Å². The minimum absolute atomic E-state index is 0.0402. The van der Waals surface area contributed by atoms with Crippen LogP contribution in [0.1, 0.15) is 5.56 Å². The van der Waals surface area contributed by atoms with E-state index in [-0.39, 0.29) is 15.5 Å². The maximum Gasteiger partial charge on any atom is 0.261 e. The molecule has 1 heterocycles. The highest BCUT2D eigenvalue weighted by atomic mass is 35.5. The predicted octanol–water partition coefficient (Wildman–Crippen LogP) is 2.90. The maximum absolute atomic E-state index is 12.3. The van der Waals surface area contributed by atoms with Crippen molar-refractivity contribution in [2.24, 2.45) is 0 Å². The second-order valence-corrected chi connectivity index (χ2v) is 8.58. The first-order chi connectivity index (χ1) is 10.3. The van der Waals surface area contributed by atoms with Gasteiger partial charge in [-0.15, -0.1) is 0 Å². The molecule has 114 valence electrons. The fourth-order valence-corrected chi connectivity index (χ4v) is 4.45. The second kappa shape index (κ2) is 5.12. The average molecular weight is 356 g/mol. The molecule has 2 aromatic rings. The summed E-state index contributed by atoms with van der Waals surface area (Å²) < 4.78 is 50.5. The van der Waals surface area contributed by atoms with Crippen molar-refractivity contribution in [2.75, 3.05) is 4.72 Å². The third-order valence-corrected chi connectivity index (χ3v) is 6.23. The van der Waals surface area contributed by atoms with Crippen molar-refractivity contribution in [1.82, 2.24) is 0 Å². The molecule has 1 N–H and O–H groups in total. The quantitative estimate of drug-likeness (QED) is 0.917. The van der Waals surface area contributed by atoms with E-state index in [9.17, 15) is 16.8 Å². The molecular formula is C14H10ClNO4S2. The Morgan fingerprint density at radius 1 is 1.00 bits per heavy atom. The van der Waals surface area contributed by atoms with Gasteiger partial charge in [0, 0.05) is 10.4 Å². The minimum Gasteiger partial charge on any atom is -0.280 e. The number of nitrogens with one attached hydrogen (secondary N) is 1. The molecule has 5 nitrogen and oxygen atoms in total. The van der Waals surface area contributed by atoms with Gasteiger partial charge in [-0.3, -0.25) is 4.72 Å². The third-order valence-electron chi connectivity index (χ3n) is 3.12. The molecule has 0 spiro atoms. The zero-order chi connectivity index (χ0) is 16.0. The zero-order valence-corrected chi connectivity index (χ0v) is 13.4. The number of hydrogen-bond donors (Lipinski definition) is 1. The predicted molar refractivity (Wildman–Crippen MR) is 84.9 cm³/mol. The standard InChI is InChI=1S/C14H10ClNO4S2/c15-11-2-5-13(6-3-11)22(19,20)16-12-4-1-10-7-8-21(17,18)14(10)9-12/h1-9,16H. The molecule has 0 atom stereocenters. The van der Waals surface area contributed by atoms with Crippen LogP contribution in [0.3, 0.4) is 0 Å². The number of hydrogen-bond acceptors (Lipinski definition) is 4. The molecule has 0 saturated heterocycles. The summed E-state index contributed by atoms with van der Waals surface area (Å²) in [5, 5.41) is 1.52. The van der Waals surface area contributed by atoms with Crippen LogP contribution < -0.4 is 4.72 Å². The number of fused-ring (bicyclic) bond motifs is 1. The molecule has 0 saturated carbocycles. The summed E-state index contributed by atoms with van der Waals surface area (Å²) in [5.41, 5.74) is 0.718. The summed E-state index contributed by atoms with van der Waals surface area (Å²) in [6.45, 7) is 0. The first-order valence-corrected chi connectivity index (χ1v) is 9.54. The van der Waals surface area contributed by atoms with E-state index >= 15 is 0 Å². The van der Waals surface area contributed by atoms with Crippen LogP contribution >= 0.6 is 11.6 Å². The molecule has 1 aliphatic heterocycles. The number of anilines is 1. The van der Waals surface area contributed by atoms with Crippen LogP contribution in [0, 0.1) is 0 Å². The SMILES string of the molecule is O=S1(=O)C=Cc2ccc(NS(=O)(=O)c3ccc(Cl)cc3)cc21. The Kier molecular flexibility index (Phi) is 3.51. The van der Waals surface area contributed by atoms with Crippen molar-refractivity contribution in [3.05, 3.63) is 58.5 Å². The van der Waals surface area contributed by atoms with Crippen LogP contribution in [0.4, 0.5) is 5.69 Å². The van der Waals surface area contributed by atoms with Crippen molar-refractivity contribution >= 4 is 43.2 Å². The fourth-order valence-electron chi connectivity index (χ4n) is 2.05. The molecule has 0 unspecified atom stereocenters. The Hall–Kier alpha value is -1.83. The lowest BCUT2D eigenvalue weighted by Crippen LogP contribution is -2.13. The van der Waals surface area contributed by atoms with E-state index in [4.69, 9.17) is 11.6 Å². The van der Waals surface area contributed by atoms with Crippen molar-refractivity contribution < 1.29 is 16.8 Å². The van der Waals surface area contributed by atoms with Crippen LogP contribution in [0.2, 0.25) is 5.02 Å². The van der Waals surface area contributed by atoms with Gasteiger partial charge in [-0.05, 0) is 48.0 Å². The normalized spacial score (nSPS) is 15.5. The number of halogens is 1. The van der Waals surface area contributed by atoms with Gasteiger partial charge in [-0.2, -0.15) is 0 Å². The summed E-state index contributed by atoms with van der Waals surface area (Å²) in [5.74, 6) is 0. The van der Waals surface area contributed by atoms with Crippen LogP contribution in [0.25, 0.3) is 6.08 Å². The van der Waals surface area contributed by atoms with E-state index in [0.29, 0.717) is 10.6 Å². The lowest BCUT2D eigenvalue weighted by molar-refractivity contribution is 0.600. The summed E-state index contributed by atoms with van der Waals surface area (Å²) >= 11 is 5.73. The van der Waals surface area contributed by atoms with E-state index in [2.05, 4.69) is 4.72 Å². The van der Waals surface area contributed by atoms with Crippen LogP contribution in [-0.4, -0.2) is 16.8 Å². The number of sulfonamides is 1. The molecule has 3 rings (SSSR count). The summed E-state index contributed by atoms with van der Waals surface area (Å²) in [6.07, 6.45) is 1.47. The Morgan fingerprint density at radius 2 is 1.68 bits per heavy atom. The van der Waals surface area contributed by atoms with Crippen LogP contribution in [-0.2, 0) is 19.9 Å². The molecule has 0 fully saturated rings. The Balaban J connectivity index is 1.96. The highest BCUT2D eigenvalue weighted by Gasteiger charge is 2.22. The molecule has 2 aromatic carbocycles. The van der Waals surface area contributed by atoms with E-state index in [1.807, 2.05) is 0 Å². The zero-order valence-electron chi connectivity index (χ0n) is 11.0. The molecule has 8 heteroatoms. The van der Waals surface area contributed by atoms with Crippen LogP contribution in [0.15, 0.2) is 57.7 Å². The molecule has 0 radical (unpaired) electrons. The highest BCUT2D eigenvalue weighted by molar-refractivity contribution is 7.95. The molecular weight excluding hydrogens is 346 g/mol. The Morgan fingerprint density at radius 3 is 2.36 bits per heavy atom. The topological polar surface area (TPSA) is 80.3 Å². The Bertz CT molecular complexity index is 978. The van der Waals surface area contributed by atoms with Crippen molar-refractivity contribution in [3.8, 4) is 0 Å². The van der Waals surface area contributed by atoms with Gasteiger partial charge < -0.3 is 0 Å². The maximum atomic E-state index is 12.3. The average Bonchev–Trinajstić information content (AvgIpc) is 2.75. The molecule has 0 bridgehead atoms. The van der Waals surface area contributed by atoms with Gasteiger partial charge in [-0.25, -0.2) is 16.8 Å². The summed E-state index contributed by atoms with van der Waals surface area (Å²) in [6, 6.07) is 10.0. The first-order valence-electron chi connectivity index (χ1n) is 6.14. The second-order valence-electron chi connectivity index (χ2n) is 4.66. The van der Waals surface area contributed by atoms with Crippen molar-refractivity contribution in [2.45, 2.75) is 9.79 Å². The van der Waals surface area contributed by atoms with Gasteiger partial charge in [0.1, 0.15) is 0 Å². The van der Waals surface area contributed by atoms with E-state index in [0.717, 1.165) is 5.41 Å². The lowest BCUT2D eigenvalue weighted by atomic mass is 10.2. The van der Waals surface area contributed by atoms with Gasteiger partial charge in [0.15, 0.2) is 0 Å². The fraction of sp³-hybridized carbons (Fsp3) is 0. The molecule has 0 aliphatic carbocycles. The van der Waals surface area contributed by atoms with Gasteiger partial charge in [0.2, 0.25) is 9.84 Å². The molecule has 0 aromatic heterocycles. The molecule has 0 amide bonds. The first kappa shape index (κ1) is 15.1. The van der Waals surface area contributed by atoms with Crippen LogP contribution in [0.5, 0.6) is 0 Å².